The van der Waals surface area contributed by atoms with Gasteiger partial charge in [0.1, 0.15) is 5.75 Å². The van der Waals surface area contributed by atoms with Crippen LogP contribution >= 0.6 is 0 Å². The Bertz CT molecular complexity index is 575. The van der Waals surface area contributed by atoms with E-state index in [1.165, 1.54) is 0 Å². The smallest absolute Gasteiger partial charge is 0.125 e. The molecule has 1 aromatic carbocycles. The molecule has 1 atom stereocenters. The van der Waals surface area contributed by atoms with Crippen LogP contribution in [0.25, 0.3) is 5.69 Å². The highest BCUT2D eigenvalue weighted by Gasteiger charge is 2.17. The molecule has 0 amide bonds. The first-order valence-corrected chi connectivity index (χ1v) is 6.45. The summed E-state index contributed by atoms with van der Waals surface area (Å²) < 4.78 is 7.62. The van der Waals surface area contributed by atoms with Gasteiger partial charge in [-0.15, -0.1) is 0 Å². The maximum atomic E-state index is 5.50. The lowest BCUT2D eigenvalue weighted by atomic mass is 10.0. The zero-order valence-electron chi connectivity index (χ0n) is 12.2. The van der Waals surface area contributed by atoms with Crippen molar-refractivity contribution in [2.24, 2.45) is 0 Å². The Kier molecular flexibility index (Phi) is 3.90. The molecule has 0 aliphatic heterocycles. The number of benzene rings is 1. The van der Waals surface area contributed by atoms with E-state index in [-0.39, 0.29) is 6.04 Å². The van der Waals surface area contributed by atoms with Crippen LogP contribution in [-0.2, 0) is 0 Å². The van der Waals surface area contributed by atoms with Crippen molar-refractivity contribution in [2.45, 2.75) is 26.8 Å². The summed E-state index contributed by atoms with van der Waals surface area (Å²) in [5.41, 5.74) is 4.45. The van der Waals surface area contributed by atoms with E-state index in [0.29, 0.717) is 0 Å². The first-order chi connectivity index (χ1) is 9.10. The van der Waals surface area contributed by atoms with Crippen molar-refractivity contribution in [3.05, 3.63) is 41.5 Å². The molecule has 0 spiro atoms. The van der Waals surface area contributed by atoms with Crippen LogP contribution in [0.4, 0.5) is 0 Å². The van der Waals surface area contributed by atoms with Crippen LogP contribution < -0.4 is 10.1 Å². The molecular weight excluding hydrogens is 238 g/mol. The lowest BCUT2D eigenvalue weighted by Crippen LogP contribution is -2.16. The number of aryl methyl sites for hydroxylation is 1. The molecular formula is C15H21N3O. The van der Waals surface area contributed by atoms with Crippen LogP contribution in [0.3, 0.4) is 0 Å². The van der Waals surface area contributed by atoms with E-state index in [9.17, 15) is 0 Å². The van der Waals surface area contributed by atoms with E-state index in [1.807, 2.05) is 32.4 Å². The van der Waals surface area contributed by atoms with Crippen LogP contribution in [0, 0.1) is 13.8 Å². The van der Waals surface area contributed by atoms with Gasteiger partial charge in [-0.2, -0.15) is 0 Å². The standard InChI is InChI=1S/C15H21N3O/c1-10-12(3)18(9-17-10)13-7-6-8-14(19-5)15(13)11(2)16-4/h6-9,11,16H,1-5H3. The average Bonchev–Trinajstić information content (AvgIpc) is 2.77. The number of nitrogens with zero attached hydrogens (tertiary/aromatic N) is 2. The number of methoxy groups -OCH3 is 1. The third kappa shape index (κ3) is 2.36. The second-order valence-corrected chi connectivity index (χ2v) is 4.69. The van der Waals surface area contributed by atoms with E-state index in [1.54, 1.807) is 7.11 Å². The van der Waals surface area contributed by atoms with Crippen LogP contribution in [0.1, 0.15) is 29.9 Å². The maximum absolute atomic E-state index is 5.50. The molecule has 0 aliphatic carbocycles. The highest BCUT2D eigenvalue weighted by Crippen LogP contribution is 2.31. The molecule has 4 nitrogen and oxygen atoms in total. The molecule has 1 N–H and O–H groups in total. The summed E-state index contributed by atoms with van der Waals surface area (Å²) in [6, 6.07) is 6.30. The van der Waals surface area contributed by atoms with Crippen LogP contribution in [0.15, 0.2) is 24.5 Å². The van der Waals surface area contributed by atoms with E-state index < -0.39 is 0 Å². The minimum Gasteiger partial charge on any atom is -0.496 e. The highest BCUT2D eigenvalue weighted by atomic mass is 16.5. The van der Waals surface area contributed by atoms with Crippen molar-refractivity contribution in [1.82, 2.24) is 14.9 Å². The van der Waals surface area contributed by atoms with Gasteiger partial charge in [-0.1, -0.05) is 6.07 Å². The van der Waals surface area contributed by atoms with Crippen molar-refractivity contribution in [1.29, 1.82) is 0 Å². The van der Waals surface area contributed by atoms with Gasteiger partial charge in [0, 0.05) is 17.3 Å². The number of rotatable bonds is 4. The Morgan fingerprint density at radius 1 is 1.32 bits per heavy atom. The Morgan fingerprint density at radius 3 is 2.58 bits per heavy atom. The Morgan fingerprint density at radius 2 is 2.05 bits per heavy atom. The third-order valence-electron chi connectivity index (χ3n) is 3.64. The zero-order chi connectivity index (χ0) is 14.0. The molecule has 1 heterocycles. The fraction of sp³-hybridized carbons (Fsp3) is 0.400. The van der Waals surface area contributed by atoms with Crippen molar-refractivity contribution in [3.63, 3.8) is 0 Å². The molecule has 0 saturated carbocycles. The minimum atomic E-state index is 0.202. The monoisotopic (exact) mass is 259 g/mol. The number of hydrogen-bond donors (Lipinski definition) is 1. The Hall–Kier alpha value is -1.81. The first-order valence-electron chi connectivity index (χ1n) is 6.45. The summed E-state index contributed by atoms with van der Waals surface area (Å²) in [6.45, 7) is 6.23. The van der Waals surface area contributed by atoms with Gasteiger partial charge < -0.3 is 14.6 Å². The van der Waals surface area contributed by atoms with E-state index >= 15 is 0 Å². The lowest BCUT2D eigenvalue weighted by molar-refractivity contribution is 0.403. The van der Waals surface area contributed by atoms with Gasteiger partial charge in [0.25, 0.3) is 0 Å². The molecule has 0 bridgehead atoms. The highest BCUT2D eigenvalue weighted by molar-refractivity contribution is 5.52. The molecule has 1 unspecified atom stereocenters. The molecule has 102 valence electrons. The second kappa shape index (κ2) is 5.45. The number of ether oxygens (including phenoxy) is 1. The Balaban J connectivity index is 2.66. The summed E-state index contributed by atoms with van der Waals surface area (Å²) in [5.74, 6) is 0.894. The summed E-state index contributed by atoms with van der Waals surface area (Å²) in [6.07, 6.45) is 1.87. The van der Waals surface area contributed by atoms with Crippen LogP contribution in [0.2, 0.25) is 0 Å². The minimum absolute atomic E-state index is 0.202. The van der Waals surface area contributed by atoms with Crippen LogP contribution in [-0.4, -0.2) is 23.7 Å². The van der Waals surface area contributed by atoms with Crippen molar-refractivity contribution in [2.75, 3.05) is 14.2 Å². The number of hydrogen-bond acceptors (Lipinski definition) is 3. The van der Waals surface area contributed by atoms with Gasteiger partial charge in [-0.05, 0) is 40.0 Å². The van der Waals surface area contributed by atoms with Crippen molar-refractivity contribution < 1.29 is 4.74 Å². The van der Waals surface area contributed by atoms with Gasteiger partial charge in [0.2, 0.25) is 0 Å². The van der Waals surface area contributed by atoms with Gasteiger partial charge in [-0.25, -0.2) is 4.98 Å². The largest absolute Gasteiger partial charge is 0.496 e. The molecule has 19 heavy (non-hydrogen) atoms. The first kappa shape index (κ1) is 13.6. The van der Waals surface area contributed by atoms with E-state index in [4.69, 9.17) is 4.74 Å². The number of nitrogens with one attached hydrogen (secondary N) is 1. The quantitative estimate of drug-likeness (QED) is 0.917. The molecule has 1 aromatic heterocycles. The summed E-state index contributed by atoms with van der Waals surface area (Å²) in [7, 11) is 3.66. The number of imidazole rings is 1. The lowest BCUT2D eigenvalue weighted by Gasteiger charge is -2.20. The third-order valence-corrected chi connectivity index (χ3v) is 3.64. The fourth-order valence-corrected chi connectivity index (χ4v) is 2.24. The predicted molar refractivity (Wildman–Crippen MR) is 77.1 cm³/mol. The molecule has 2 rings (SSSR count). The van der Waals surface area contributed by atoms with Gasteiger partial charge >= 0.3 is 0 Å². The zero-order valence-corrected chi connectivity index (χ0v) is 12.2. The summed E-state index contributed by atoms with van der Waals surface area (Å²) in [4.78, 5) is 4.38. The fourth-order valence-electron chi connectivity index (χ4n) is 2.24. The predicted octanol–water partition coefficient (Wildman–Crippen LogP) is 2.78. The SMILES string of the molecule is CNC(C)c1c(OC)cccc1-n1cnc(C)c1C. The molecule has 0 radical (unpaired) electrons. The molecule has 0 saturated heterocycles. The second-order valence-electron chi connectivity index (χ2n) is 4.69. The van der Waals surface area contributed by atoms with E-state index in [2.05, 4.69) is 34.8 Å². The van der Waals surface area contributed by atoms with Crippen molar-refractivity contribution >= 4 is 0 Å². The average molecular weight is 259 g/mol. The summed E-state index contributed by atoms with van der Waals surface area (Å²) in [5, 5.41) is 3.28. The van der Waals surface area contributed by atoms with Gasteiger partial charge in [-0.3, -0.25) is 0 Å². The van der Waals surface area contributed by atoms with Crippen LogP contribution in [0.5, 0.6) is 5.75 Å². The van der Waals surface area contributed by atoms with E-state index in [0.717, 1.165) is 28.4 Å². The normalized spacial score (nSPS) is 12.5. The Labute approximate surface area is 114 Å². The summed E-state index contributed by atoms with van der Waals surface area (Å²) >= 11 is 0. The number of aromatic nitrogens is 2. The molecule has 4 heteroatoms. The molecule has 0 aliphatic rings. The topological polar surface area (TPSA) is 39.1 Å². The van der Waals surface area contributed by atoms with Gasteiger partial charge in [0.15, 0.2) is 0 Å². The molecule has 0 fully saturated rings. The maximum Gasteiger partial charge on any atom is 0.125 e. The molecule has 2 aromatic rings. The van der Waals surface area contributed by atoms with Crippen molar-refractivity contribution in [3.8, 4) is 11.4 Å². The van der Waals surface area contributed by atoms with Gasteiger partial charge in [0.05, 0.1) is 24.8 Å².